The summed E-state index contributed by atoms with van der Waals surface area (Å²) in [6.07, 6.45) is 9.32. The van der Waals surface area contributed by atoms with Crippen molar-refractivity contribution in [2.45, 2.75) is 50.7 Å². The molecular formula is C13H18N4O2. The van der Waals surface area contributed by atoms with Gasteiger partial charge in [-0.05, 0) is 31.8 Å². The molecule has 2 aliphatic heterocycles. The fraction of sp³-hybridized carbons (Fsp3) is 0.615. The Hall–Kier alpha value is -1.69. The third kappa shape index (κ3) is 2.06. The van der Waals surface area contributed by atoms with Gasteiger partial charge in [0.1, 0.15) is 5.70 Å². The minimum Gasteiger partial charge on any atom is -0.369 e. The van der Waals surface area contributed by atoms with Gasteiger partial charge in [-0.15, -0.1) is 0 Å². The summed E-state index contributed by atoms with van der Waals surface area (Å²) in [6, 6.07) is -0.159. The number of nitrogens with zero attached hydrogens (tertiary/aromatic N) is 2. The Labute approximate surface area is 111 Å². The summed E-state index contributed by atoms with van der Waals surface area (Å²) in [5.41, 5.74) is 1.56. The predicted molar refractivity (Wildman–Crippen MR) is 72.1 cm³/mol. The number of hydrogen-bond donors (Lipinski definition) is 2. The van der Waals surface area contributed by atoms with Crippen molar-refractivity contribution in [1.82, 2.24) is 10.6 Å². The van der Waals surface area contributed by atoms with Crippen LogP contribution in [0.25, 0.3) is 0 Å². The van der Waals surface area contributed by atoms with E-state index in [1.807, 2.05) is 6.08 Å². The number of dihydropyridines is 1. The van der Waals surface area contributed by atoms with Crippen molar-refractivity contribution in [3.8, 4) is 0 Å². The molecule has 3 rings (SSSR count). The summed E-state index contributed by atoms with van der Waals surface area (Å²) in [4.78, 5) is 14.8. The molecule has 19 heavy (non-hydrogen) atoms. The van der Waals surface area contributed by atoms with E-state index in [-0.39, 0.29) is 22.3 Å². The first-order valence-corrected chi connectivity index (χ1v) is 6.77. The molecule has 0 aromatic heterocycles. The average molecular weight is 262 g/mol. The molecule has 3 aliphatic rings. The summed E-state index contributed by atoms with van der Waals surface area (Å²) in [5, 5.41) is 18.0. The second-order valence-electron chi connectivity index (χ2n) is 5.47. The molecule has 0 bridgehead atoms. The molecule has 6 heteroatoms. The average Bonchev–Trinajstić information content (AvgIpc) is 2.75. The van der Waals surface area contributed by atoms with E-state index in [0.717, 1.165) is 18.5 Å². The lowest BCUT2D eigenvalue weighted by Gasteiger charge is -2.34. The molecule has 102 valence electrons. The lowest BCUT2D eigenvalue weighted by Crippen LogP contribution is -2.51. The van der Waals surface area contributed by atoms with Crippen molar-refractivity contribution in [3.05, 3.63) is 33.3 Å². The molecule has 2 fully saturated rings. The molecule has 0 amide bonds. The first-order valence-electron chi connectivity index (χ1n) is 6.77. The number of allylic oxidation sites excluding steroid dienone is 2. The van der Waals surface area contributed by atoms with Gasteiger partial charge in [-0.25, -0.2) is 0 Å². The number of fused-ring (bicyclic) bond motifs is 1. The monoisotopic (exact) mass is 262 g/mol. The second-order valence-corrected chi connectivity index (χ2v) is 5.47. The molecule has 2 N–H and O–H groups in total. The maximum Gasteiger partial charge on any atom is 0.266 e. The lowest BCUT2D eigenvalue weighted by molar-refractivity contribution is -0.425. The molecule has 1 spiro atoms. The Morgan fingerprint density at radius 2 is 2.21 bits per heavy atom. The summed E-state index contributed by atoms with van der Waals surface area (Å²) >= 11 is 0. The van der Waals surface area contributed by atoms with Gasteiger partial charge < -0.3 is 5.32 Å². The van der Waals surface area contributed by atoms with Gasteiger partial charge in [-0.1, -0.05) is 6.42 Å². The molecule has 0 radical (unpaired) electrons. The van der Waals surface area contributed by atoms with Crippen LogP contribution in [0, 0.1) is 10.1 Å². The minimum absolute atomic E-state index is 0.0927. The molecule has 6 nitrogen and oxygen atoms in total. The van der Waals surface area contributed by atoms with Crippen LogP contribution in [0.3, 0.4) is 0 Å². The van der Waals surface area contributed by atoms with Crippen molar-refractivity contribution < 1.29 is 4.92 Å². The normalized spacial score (nSPS) is 30.6. The fourth-order valence-electron chi connectivity index (χ4n) is 3.19. The number of nitro groups is 1. The van der Waals surface area contributed by atoms with Gasteiger partial charge in [-0.3, -0.25) is 20.4 Å². The Balaban J connectivity index is 1.91. The van der Waals surface area contributed by atoms with Gasteiger partial charge in [0.15, 0.2) is 0 Å². The van der Waals surface area contributed by atoms with Crippen LogP contribution in [0.2, 0.25) is 0 Å². The van der Waals surface area contributed by atoms with E-state index in [1.54, 1.807) is 6.21 Å². The van der Waals surface area contributed by atoms with E-state index < -0.39 is 0 Å². The van der Waals surface area contributed by atoms with E-state index in [2.05, 4.69) is 15.6 Å². The summed E-state index contributed by atoms with van der Waals surface area (Å²) < 4.78 is 0. The fourth-order valence-corrected chi connectivity index (χ4v) is 3.19. The maximum absolute atomic E-state index is 11.0. The highest BCUT2D eigenvalue weighted by molar-refractivity contribution is 5.76. The molecular weight excluding hydrogens is 244 g/mol. The van der Waals surface area contributed by atoms with Gasteiger partial charge in [0.25, 0.3) is 5.70 Å². The molecule has 0 aromatic carbocycles. The van der Waals surface area contributed by atoms with Crippen LogP contribution in [-0.2, 0) is 0 Å². The standard InChI is InChI=1S/C13H18N4O2/c1-9(17(18)19)11-12-10(5-8-14-11)15-13(16-12)6-3-2-4-7-13/h5,8,12,15-16H,2-4,6-7H2,1H3/b11-9-. The molecule has 1 unspecified atom stereocenters. The second kappa shape index (κ2) is 4.45. The Kier molecular flexibility index (Phi) is 2.89. The van der Waals surface area contributed by atoms with Crippen molar-refractivity contribution in [3.63, 3.8) is 0 Å². The van der Waals surface area contributed by atoms with E-state index >= 15 is 0 Å². The van der Waals surface area contributed by atoms with Crippen molar-refractivity contribution >= 4 is 6.21 Å². The quantitative estimate of drug-likeness (QED) is 0.556. The SMILES string of the molecule is C/C(=C1/N=CC=C2NC3(CCCCC3)NC21)[N+](=O)[O-]. The Morgan fingerprint density at radius 1 is 1.47 bits per heavy atom. The molecule has 2 heterocycles. The zero-order valence-electron chi connectivity index (χ0n) is 11.0. The molecule has 1 saturated carbocycles. The smallest absolute Gasteiger partial charge is 0.266 e. The van der Waals surface area contributed by atoms with Crippen molar-refractivity contribution in [2.75, 3.05) is 0 Å². The third-order valence-corrected chi connectivity index (χ3v) is 4.21. The maximum atomic E-state index is 11.0. The van der Waals surface area contributed by atoms with Gasteiger partial charge in [-0.2, -0.15) is 0 Å². The molecule has 1 aliphatic carbocycles. The van der Waals surface area contributed by atoms with Crippen LogP contribution in [0.1, 0.15) is 39.0 Å². The minimum atomic E-state index is -0.358. The van der Waals surface area contributed by atoms with Crippen LogP contribution in [0.15, 0.2) is 28.2 Å². The van der Waals surface area contributed by atoms with Crippen LogP contribution in [-0.4, -0.2) is 22.8 Å². The third-order valence-electron chi connectivity index (χ3n) is 4.21. The largest absolute Gasteiger partial charge is 0.369 e. The summed E-state index contributed by atoms with van der Waals surface area (Å²) in [5.74, 6) is 0. The zero-order chi connectivity index (χ0) is 13.5. The highest BCUT2D eigenvalue weighted by Gasteiger charge is 2.44. The van der Waals surface area contributed by atoms with Crippen molar-refractivity contribution in [2.24, 2.45) is 4.99 Å². The Morgan fingerprint density at radius 3 is 2.89 bits per heavy atom. The highest BCUT2D eigenvalue weighted by Crippen LogP contribution is 2.35. The number of rotatable bonds is 1. The van der Waals surface area contributed by atoms with Gasteiger partial charge in [0, 0.05) is 18.8 Å². The Bertz CT molecular complexity index is 501. The van der Waals surface area contributed by atoms with Gasteiger partial charge in [0.2, 0.25) is 0 Å². The van der Waals surface area contributed by atoms with Gasteiger partial charge >= 0.3 is 0 Å². The van der Waals surface area contributed by atoms with Crippen LogP contribution < -0.4 is 10.6 Å². The van der Waals surface area contributed by atoms with Gasteiger partial charge in [0.05, 0.1) is 16.6 Å². The number of nitrogens with one attached hydrogen (secondary N) is 2. The van der Waals surface area contributed by atoms with E-state index in [1.165, 1.54) is 26.2 Å². The van der Waals surface area contributed by atoms with E-state index in [9.17, 15) is 10.1 Å². The summed E-state index contributed by atoms with van der Waals surface area (Å²) in [7, 11) is 0. The van der Waals surface area contributed by atoms with Crippen molar-refractivity contribution in [1.29, 1.82) is 0 Å². The zero-order valence-corrected chi connectivity index (χ0v) is 11.0. The van der Waals surface area contributed by atoms with Crippen LogP contribution in [0.5, 0.6) is 0 Å². The molecule has 1 atom stereocenters. The first-order chi connectivity index (χ1) is 9.11. The van der Waals surface area contributed by atoms with E-state index in [4.69, 9.17) is 0 Å². The van der Waals surface area contributed by atoms with Crippen LogP contribution >= 0.6 is 0 Å². The topological polar surface area (TPSA) is 79.6 Å². The lowest BCUT2D eigenvalue weighted by atomic mass is 9.89. The number of aliphatic imine (C=N–C) groups is 1. The molecule has 0 aromatic rings. The highest BCUT2D eigenvalue weighted by atomic mass is 16.6. The molecule has 1 saturated heterocycles. The summed E-state index contributed by atoms with van der Waals surface area (Å²) in [6.45, 7) is 1.52. The van der Waals surface area contributed by atoms with E-state index in [0.29, 0.717) is 5.70 Å². The number of hydrogen-bond acceptors (Lipinski definition) is 5. The first kappa shape index (κ1) is 12.3. The predicted octanol–water partition coefficient (Wildman–Crippen LogP) is 1.68. The van der Waals surface area contributed by atoms with Crippen LogP contribution in [0.4, 0.5) is 0 Å².